The second-order valence-corrected chi connectivity index (χ2v) is 20.0. The van der Waals surface area contributed by atoms with E-state index >= 15 is 0 Å². The summed E-state index contributed by atoms with van der Waals surface area (Å²) >= 11 is 0. The largest absolute Gasteiger partial charge is 0.462 e. The van der Waals surface area contributed by atoms with Crippen molar-refractivity contribution in [2.45, 2.75) is 294 Å². The summed E-state index contributed by atoms with van der Waals surface area (Å²) in [6.45, 7) is 5.93. The van der Waals surface area contributed by atoms with E-state index in [1.54, 1.807) is 0 Å². The second kappa shape index (κ2) is 52.9. The number of hydrogen-bond acceptors (Lipinski definition) is 12. The molecular formula is C57H101N9O9. The molecule has 0 bridgehead atoms. The first kappa shape index (κ1) is 70.4. The van der Waals surface area contributed by atoms with Gasteiger partial charge in [0.15, 0.2) is 6.10 Å². The molecule has 0 aromatic carbocycles. The maximum absolute atomic E-state index is 12.9. The SMILES string of the molecule is CCCCCC(N=[N+]=[N-])C(O)C/C=C/CCCCCCCC(=O)OCC(COC(=O)CCCCCCC/C=C/CC(O)C(CCCCC)N=[N+]=[N-])OC(=O)CCCCCCC/C=C/CC(O)C(CCCCC)N=[N+]=[N-]. The average Bonchev–Trinajstić information content (AvgIpc) is 3.40. The van der Waals surface area contributed by atoms with Gasteiger partial charge < -0.3 is 29.5 Å². The molecule has 0 heterocycles. The predicted octanol–water partition coefficient (Wildman–Crippen LogP) is 15.9. The fourth-order valence-corrected chi connectivity index (χ4v) is 8.59. The number of carbonyl (C=O) groups is 3. The monoisotopic (exact) mass is 1060 g/mol. The van der Waals surface area contributed by atoms with E-state index in [1.807, 2.05) is 18.2 Å². The first-order valence-corrected chi connectivity index (χ1v) is 29.2. The van der Waals surface area contributed by atoms with Crippen LogP contribution in [-0.4, -0.2) is 89.0 Å². The molecule has 0 saturated heterocycles. The molecule has 0 spiro atoms. The minimum absolute atomic E-state index is 0.197. The number of ether oxygens (including phenoxy) is 3. The fraction of sp³-hybridized carbons (Fsp3) is 0.842. The number of unbranched alkanes of at least 4 members (excludes halogenated alkanes) is 21. The van der Waals surface area contributed by atoms with Crippen molar-refractivity contribution in [3.05, 3.63) is 67.8 Å². The lowest BCUT2D eigenvalue weighted by molar-refractivity contribution is -0.167. The Hall–Kier alpha value is -4.56. The van der Waals surface area contributed by atoms with Crippen LogP contribution in [0.15, 0.2) is 51.8 Å². The van der Waals surface area contributed by atoms with Crippen LogP contribution in [0.3, 0.4) is 0 Å². The molecule has 0 fully saturated rings. The smallest absolute Gasteiger partial charge is 0.306 e. The molecule has 0 aliphatic heterocycles. The van der Waals surface area contributed by atoms with Crippen LogP contribution in [0.5, 0.6) is 0 Å². The standard InChI is InChI=1S/C57H101N9O9/c1-4-7-28-37-49(61-64-58)52(67)40-31-22-16-10-13-19-25-34-43-55(70)73-46-48(75-57(72)45-36-27-21-15-12-18-24-33-42-54(69)51(63-66-60)39-30-9-6-3)47-74-56(71)44-35-26-20-14-11-17-23-32-41-53(68)50(62-65-59)38-29-8-5-2/h22-24,31-33,48-54,67-69H,4-21,25-30,34-47H2,1-3H3/b31-22+,32-23+,33-24+. The molecular weight excluding hydrogens is 955 g/mol. The van der Waals surface area contributed by atoms with Gasteiger partial charge in [-0.05, 0) is 113 Å². The van der Waals surface area contributed by atoms with Gasteiger partial charge in [-0.1, -0.05) is 188 Å². The van der Waals surface area contributed by atoms with Crippen LogP contribution in [-0.2, 0) is 28.6 Å². The summed E-state index contributed by atoms with van der Waals surface area (Å²) in [6, 6.07) is -1.21. The van der Waals surface area contributed by atoms with Crippen molar-refractivity contribution < 1.29 is 43.9 Å². The lowest BCUT2D eigenvalue weighted by Crippen LogP contribution is -2.30. The van der Waals surface area contributed by atoms with E-state index in [0.717, 1.165) is 154 Å². The molecule has 0 aromatic rings. The van der Waals surface area contributed by atoms with Crippen molar-refractivity contribution in [2.24, 2.45) is 15.3 Å². The Morgan fingerprint density at radius 1 is 0.413 bits per heavy atom. The lowest BCUT2D eigenvalue weighted by Gasteiger charge is -2.18. The molecule has 3 N–H and O–H groups in total. The highest BCUT2D eigenvalue weighted by Crippen LogP contribution is 2.19. The topological polar surface area (TPSA) is 286 Å². The van der Waals surface area contributed by atoms with E-state index in [0.29, 0.717) is 57.8 Å². The van der Waals surface area contributed by atoms with Crippen LogP contribution in [0, 0.1) is 0 Å². The Labute approximate surface area is 451 Å². The minimum atomic E-state index is -0.908. The molecule has 18 heteroatoms. The Balaban J connectivity index is 4.80. The summed E-state index contributed by atoms with van der Waals surface area (Å²) in [5.74, 6) is -1.22. The molecule has 0 radical (unpaired) electrons. The third-order valence-electron chi connectivity index (χ3n) is 13.3. The van der Waals surface area contributed by atoms with Gasteiger partial charge in [-0.2, -0.15) is 0 Å². The Morgan fingerprint density at radius 2 is 0.707 bits per heavy atom. The highest BCUT2D eigenvalue weighted by Gasteiger charge is 2.21. The van der Waals surface area contributed by atoms with Crippen LogP contribution in [0.25, 0.3) is 31.3 Å². The summed E-state index contributed by atoms with van der Waals surface area (Å²) in [4.78, 5) is 47.0. The molecule has 75 heavy (non-hydrogen) atoms. The van der Waals surface area contributed by atoms with Crippen molar-refractivity contribution in [3.63, 3.8) is 0 Å². The van der Waals surface area contributed by atoms with Gasteiger partial charge in [-0.25, -0.2) is 0 Å². The van der Waals surface area contributed by atoms with Gasteiger partial charge in [0, 0.05) is 34.0 Å². The molecule has 0 aliphatic rings. The highest BCUT2D eigenvalue weighted by atomic mass is 16.6. The normalized spacial score (nSPS) is 14.3. The summed E-state index contributed by atoms with van der Waals surface area (Å²) < 4.78 is 16.7. The average molecular weight is 1060 g/mol. The number of hydrogen-bond donors (Lipinski definition) is 3. The van der Waals surface area contributed by atoms with E-state index in [-0.39, 0.29) is 32.5 Å². The first-order valence-electron chi connectivity index (χ1n) is 29.2. The molecule has 0 aliphatic carbocycles. The molecule has 0 saturated carbocycles. The van der Waals surface area contributed by atoms with E-state index in [4.69, 9.17) is 30.8 Å². The summed E-state index contributed by atoms with van der Waals surface area (Å²) in [6.07, 6.45) is 38.3. The fourth-order valence-electron chi connectivity index (χ4n) is 8.59. The summed E-state index contributed by atoms with van der Waals surface area (Å²) in [5, 5.41) is 42.7. The molecule has 0 aromatic heterocycles. The van der Waals surface area contributed by atoms with Crippen LogP contribution < -0.4 is 0 Å². The number of allylic oxidation sites excluding steroid dienone is 3. The van der Waals surface area contributed by atoms with Crippen LogP contribution in [0.2, 0.25) is 0 Å². The van der Waals surface area contributed by atoms with Crippen molar-refractivity contribution in [3.8, 4) is 0 Å². The van der Waals surface area contributed by atoms with Gasteiger partial charge in [-0.15, -0.1) is 0 Å². The van der Waals surface area contributed by atoms with Gasteiger partial charge in [0.1, 0.15) is 13.2 Å². The number of azide groups is 3. The van der Waals surface area contributed by atoms with Crippen LogP contribution in [0.1, 0.15) is 252 Å². The Kier molecular flexibility index (Phi) is 49.6. The van der Waals surface area contributed by atoms with Gasteiger partial charge in [-0.3, -0.25) is 14.4 Å². The molecule has 6 atom stereocenters. The maximum Gasteiger partial charge on any atom is 0.306 e. The van der Waals surface area contributed by atoms with Gasteiger partial charge in [0.2, 0.25) is 0 Å². The number of nitrogens with zero attached hydrogens (tertiary/aromatic N) is 9. The van der Waals surface area contributed by atoms with Crippen molar-refractivity contribution in [2.75, 3.05) is 13.2 Å². The van der Waals surface area contributed by atoms with E-state index in [9.17, 15) is 29.7 Å². The van der Waals surface area contributed by atoms with Crippen LogP contribution >= 0.6 is 0 Å². The zero-order valence-electron chi connectivity index (χ0n) is 46.7. The van der Waals surface area contributed by atoms with E-state index in [1.165, 1.54) is 0 Å². The first-order chi connectivity index (χ1) is 36.6. The molecule has 6 unspecified atom stereocenters. The lowest BCUT2D eigenvalue weighted by atomic mass is 10.0. The van der Waals surface area contributed by atoms with Crippen molar-refractivity contribution in [1.29, 1.82) is 0 Å². The Bertz CT molecular complexity index is 1580. The minimum Gasteiger partial charge on any atom is -0.462 e. The number of aliphatic hydroxyl groups is 3. The molecule has 428 valence electrons. The van der Waals surface area contributed by atoms with Gasteiger partial charge in [0.25, 0.3) is 0 Å². The third-order valence-corrected chi connectivity index (χ3v) is 13.3. The van der Waals surface area contributed by atoms with Crippen molar-refractivity contribution in [1.82, 2.24) is 0 Å². The number of rotatable bonds is 53. The van der Waals surface area contributed by atoms with Gasteiger partial charge >= 0.3 is 17.9 Å². The van der Waals surface area contributed by atoms with E-state index < -0.39 is 60.4 Å². The number of aliphatic hydroxyl groups excluding tert-OH is 3. The Morgan fingerprint density at radius 3 is 1.01 bits per heavy atom. The quantitative estimate of drug-likeness (QED) is 0.00991. The van der Waals surface area contributed by atoms with E-state index in [2.05, 4.69) is 69.1 Å². The number of esters is 3. The summed E-state index contributed by atoms with van der Waals surface area (Å²) in [7, 11) is 0. The zero-order chi connectivity index (χ0) is 55.3. The van der Waals surface area contributed by atoms with Crippen LogP contribution in [0.4, 0.5) is 0 Å². The molecule has 0 rings (SSSR count). The molecule has 18 nitrogen and oxygen atoms in total. The van der Waals surface area contributed by atoms with Gasteiger partial charge in [0.05, 0.1) is 36.4 Å². The summed E-state index contributed by atoms with van der Waals surface area (Å²) in [5.41, 5.74) is 26.6. The predicted molar refractivity (Wildman–Crippen MR) is 299 cm³/mol. The van der Waals surface area contributed by atoms with Crippen molar-refractivity contribution >= 4 is 17.9 Å². The third kappa shape index (κ3) is 44.3. The second-order valence-electron chi connectivity index (χ2n) is 20.0. The molecule has 0 amide bonds. The highest BCUT2D eigenvalue weighted by molar-refractivity contribution is 5.71. The zero-order valence-corrected chi connectivity index (χ0v) is 46.7. The maximum atomic E-state index is 12.9. The number of carbonyl (C=O) groups excluding carboxylic acids is 3.